The minimum absolute atomic E-state index is 0.0335. The van der Waals surface area contributed by atoms with Gasteiger partial charge in [-0.2, -0.15) is 0 Å². The SMILES string of the molecule is CCc1ccc(CN(C)C(=O)CC2C(=O)NCCN2Cc2ccoc2)cc1. The summed E-state index contributed by atoms with van der Waals surface area (Å²) in [4.78, 5) is 28.8. The monoisotopic (exact) mass is 369 g/mol. The summed E-state index contributed by atoms with van der Waals surface area (Å²) in [6.45, 7) is 4.58. The predicted octanol–water partition coefficient (Wildman–Crippen LogP) is 2.19. The standard InChI is InChI=1S/C21H27N3O3/c1-3-16-4-6-17(7-5-16)13-23(2)20(25)12-19-21(26)22-9-10-24(19)14-18-8-11-27-15-18/h4-8,11,15,19H,3,9-10,12-14H2,1-2H3,(H,22,26). The van der Waals surface area contributed by atoms with E-state index in [1.54, 1.807) is 24.5 Å². The average molecular weight is 369 g/mol. The summed E-state index contributed by atoms with van der Waals surface area (Å²) in [6.07, 6.45) is 4.47. The first-order valence-electron chi connectivity index (χ1n) is 9.41. The summed E-state index contributed by atoms with van der Waals surface area (Å²) in [7, 11) is 1.79. The number of nitrogens with zero attached hydrogens (tertiary/aromatic N) is 2. The minimum Gasteiger partial charge on any atom is -0.472 e. The number of carbonyl (C=O) groups excluding carboxylic acids is 2. The second kappa shape index (κ2) is 8.86. The van der Waals surface area contributed by atoms with Crippen molar-refractivity contribution in [3.63, 3.8) is 0 Å². The van der Waals surface area contributed by atoms with Crippen LogP contribution in [0.1, 0.15) is 30.0 Å². The number of hydrogen-bond donors (Lipinski definition) is 1. The lowest BCUT2D eigenvalue weighted by molar-refractivity contribution is -0.138. The molecule has 1 aromatic heterocycles. The van der Waals surface area contributed by atoms with Crippen molar-refractivity contribution in [2.24, 2.45) is 0 Å². The molecule has 0 saturated carbocycles. The van der Waals surface area contributed by atoms with Crippen molar-refractivity contribution in [1.29, 1.82) is 0 Å². The van der Waals surface area contributed by atoms with E-state index in [1.807, 2.05) is 11.0 Å². The molecule has 0 bridgehead atoms. The molecule has 0 spiro atoms. The lowest BCUT2D eigenvalue weighted by Crippen LogP contribution is -2.56. The van der Waals surface area contributed by atoms with E-state index < -0.39 is 6.04 Å². The third-order valence-corrected chi connectivity index (χ3v) is 5.05. The molecular formula is C21H27N3O3. The van der Waals surface area contributed by atoms with Gasteiger partial charge in [0.25, 0.3) is 0 Å². The van der Waals surface area contributed by atoms with Gasteiger partial charge in [-0.25, -0.2) is 0 Å². The Balaban J connectivity index is 1.61. The Morgan fingerprint density at radius 3 is 2.63 bits per heavy atom. The molecule has 1 N–H and O–H groups in total. The molecule has 1 saturated heterocycles. The summed E-state index contributed by atoms with van der Waals surface area (Å²) in [5, 5.41) is 2.87. The van der Waals surface area contributed by atoms with Crippen LogP contribution in [-0.2, 0) is 29.1 Å². The van der Waals surface area contributed by atoms with Crippen molar-refractivity contribution in [3.8, 4) is 0 Å². The number of rotatable bonds is 7. The van der Waals surface area contributed by atoms with Crippen molar-refractivity contribution < 1.29 is 14.0 Å². The second-order valence-corrected chi connectivity index (χ2v) is 7.03. The van der Waals surface area contributed by atoms with E-state index in [0.717, 1.165) is 24.1 Å². The summed E-state index contributed by atoms with van der Waals surface area (Å²) >= 11 is 0. The molecule has 1 unspecified atom stereocenters. The van der Waals surface area contributed by atoms with Crippen LogP contribution < -0.4 is 5.32 Å². The zero-order chi connectivity index (χ0) is 19.2. The third-order valence-electron chi connectivity index (χ3n) is 5.05. The largest absolute Gasteiger partial charge is 0.472 e. The van der Waals surface area contributed by atoms with Crippen molar-refractivity contribution in [3.05, 3.63) is 59.5 Å². The Morgan fingerprint density at radius 2 is 1.96 bits per heavy atom. The van der Waals surface area contributed by atoms with Gasteiger partial charge in [-0.1, -0.05) is 31.2 Å². The smallest absolute Gasteiger partial charge is 0.237 e. The highest BCUT2D eigenvalue weighted by Gasteiger charge is 2.32. The van der Waals surface area contributed by atoms with Crippen LogP contribution in [0.25, 0.3) is 0 Å². The lowest BCUT2D eigenvalue weighted by Gasteiger charge is -2.35. The highest BCUT2D eigenvalue weighted by atomic mass is 16.3. The summed E-state index contributed by atoms with van der Waals surface area (Å²) < 4.78 is 5.12. The molecule has 1 fully saturated rings. The summed E-state index contributed by atoms with van der Waals surface area (Å²) in [5.41, 5.74) is 3.37. The number of nitrogens with one attached hydrogen (secondary N) is 1. The van der Waals surface area contributed by atoms with Crippen LogP contribution in [-0.4, -0.2) is 47.8 Å². The zero-order valence-corrected chi connectivity index (χ0v) is 16.0. The molecule has 0 aliphatic carbocycles. The maximum absolute atomic E-state index is 12.7. The van der Waals surface area contributed by atoms with Gasteiger partial charge in [-0.15, -0.1) is 0 Å². The van der Waals surface area contributed by atoms with Crippen LogP contribution in [0.5, 0.6) is 0 Å². The number of furan rings is 1. The molecule has 144 valence electrons. The van der Waals surface area contributed by atoms with Gasteiger partial charge in [-0.3, -0.25) is 14.5 Å². The number of carbonyl (C=O) groups is 2. The predicted molar refractivity (Wildman–Crippen MR) is 103 cm³/mol. The first kappa shape index (κ1) is 19.2. The quantitative estimate of drug-likeness (QED) is 0.813. The molecular weight excluding hydrogens is 342 g/mol. The molecule has 6 heteroatoms. The van der Waals surface area contributed by atoms with Crippen molar-refractivity contribution in [1.82, 2.24) is 15.1 Å². The Bertz CT molecular complexity index is 755. The fourth-order valence-electron chi connectivity index (χ4n) is 3.35. The molecule has 2 aromatic rings. The van der Waals surface area contributed by atoms with Crippen molar-refractivity contribution >= 4 is 11.8 Å². The van der Waals surface area contributed by atoms with Crippen LogP contribution in [0, 0.1) is 0 Å². The van der Waals surface area contributed by atoms with E-state index in [-0.39, 0.29) is 18.2 Å². The van der Waals surface area contributed by atoms with E-state index in [4.69, 9.17) is 4.42 Å². The molecule has 1 aliphatic heterocycles. The number of amides is 2. The summed E-state index contributed by atoms with van der Waals surface area (Å²) in [5.74, 6) is -0.118. The van der Waals surface area contributed by atoms with Crippen LogP contribution in [0.4, 0.5) is 0 Å². The molecule has 1 aliphatic rings. The minimum atomic E-state index is -0.453. The van der Waals surface area contributed by atoms with E-state index in [0.29, 0.717) is 19.6 Å². The number of benzene rings is 1. The molecule has 27 heavy (non-hydrogen) atoms. The van der Waals surface area contributed by atoms with Gasteiger partial charge in [0.2, 0.25) is 11.8 Å². The molecule has 6 nitrogen and oxygen atoms in total. The molecule has 2 heterocycles. The van der Waals surface area contributed by atoms with Crippen LogP contribution in [0.2, 0.25) is 0 Å². The Labute approximate surface area is 160 Å². The van der Waals surface area contributed by atoms with Crippen LogP contribution >= 0.6 is 0 Å². The molecule has 1 aromatic carbocycles. The first-order chi connectivity index (χ1) is 13.1. The maximum atomic E-state index is 12.7. The molecule has 1 atom stereocenters. The molecule has 3 rings (SSSR count). The fraction of sp³-hybridized carbons (Fsp3) is 0.429. The van der Waals surface area contributed by atoms with Gasteiger partial charge >= 0.3 is 0 Å². The Morgan fingerprint density at radius 1 is 1.22 bits per heavy atom. The lowest BCUT2D eigenvalue weighted by atomic mass is 10.1. The van der Waals surface area contributed by atoms with Gasteiger partial charge in [0.05, 0.1) is 25.0 Å². The van der Waals surface area contributed by atoms with Crippen LogP contribution in [0.3, 0.4) is 0 Å². The first-order valence-corrected chi connectivity index (χ1v) is 9.41. The van der Waals surface area contributed by atoms with Gasteiger partial charge < -0.3 is 14.6 Å². The molecule has 0 radical (unpaired) electrons. The van der Waals surface area contributed by atoms with Gasteiger partial charge in [0, 0.05) is 38.8 Å². The van der Waals surface area contributed by atoms with Gasteiger partial charge in [0.15, 0.2) is 0 Å². The van der Waals surface area contributed by atoms with E-state index >= 15 is 0 Å². The maximum Gasteiger partial charge on any atom is 0.237 e. The topological polar surface area (TPSA) is 65.8 Å². The highest BCUT2D eigenvalue weighted by molar-refractivity contribution is 5.88. The zero-order valence-electron chi connectivity index (χ0n) is 16.0. The number of aryl methyl sites for hydroxylation is 1. The fourth-order valence-corrected chi connectivity index (χ4v) is 3.35. The van der Waals surface area contributed by atoms with Crippen molar-refractivity contribution in [2.45, 2.75) is 38.9 Å². The summed E-state index contributed by atoms with van der Waals surface area (Å²) in [6, 6.07) is 9.73. The van der Waals surface area contributed by atoms with Gasteiger partial charge in [-0.05, 0) is 23.6 Å². The average Bonchev–Trinajstić information content (AvgIpc) is 3.18. The van der Waals surface area contributed by atoms with Gasteiger partial charge in [0.1, 0.15) is 0 Å². The Hall–Kier alpha value is -2.60. The van der Waals surface area contributed by atoms with E-state index in [2.05, 4.69) is 36.5 Å². The normalized spacial score (nSPS) is 17.6. The molecule has 2 amide bonds. The van der Waals surface area contributed by atoms with E-state index in [9.17, 15) is 9.59 Å². The third kappa shape index (κ3) is 4.98. The van der Waals surface area contributed by atoms with E-state index in [1.165, 1.54) is 5.56 Å². The van der Waals surface area contributed by atoms with Crippen LogP contribution in [0.15, 0.2) is 47.3 Å². The number of hydrogen-bond acceptors (Lipinski definition) is 4. The number of piperazine rings is 1. The van der Waals surface area contributed by atoms with Crippen molar-refractivity contribution in [2.75, 3.05) is 20.1 Å². The Kier molecular flexibility index (Phi) is 6.29. The highest BCUT2D eigenvalue weighted by Crippen LogP contribution is 2.16. The second-order valence-electron chi connectivity index (χ2n) is 7.03.